The first-order valence-electron chi connectivity index (χ1n) is 25.5. The van der Waals surface area contributed by atoms with Gasteiger partial charge in [-0.3, -0.25) is 4.79 Å². The summed E-state index contributed by atoms with van der Waals surface area (Å²) < 4.78 is 6.17. The predicted octanol–water partition coefficient (Wildman–Crippen LogP) is 17.2. The van der Waals surface area contributed by atoms with Crippen LogP contribution in [0.25, 0.3) is 0 Å². The van der Waals surface area contributed by atoms with Crippen molar-refractivity contribution in [1.29, 1.82) is 0 Å². The average molecular weight is 765 g/mol. The summed E-state index contributed by atoms with van der Waals surface area (Å²) in [6, 6.07) is 0. The van der Waals surface area contributed by atoms with E-state index in [1.165, 1.54) is 186 Å². The van der Waals surface area contributed by atoms with Gasteiger partial charge in [0.25, 0.3) is 0 Å². The van der Waals surface area contributed by atoms with Gasteiger partial charge in [-0.25, -0.2) is 0 Å². The maximum atomic E-state index is 12.9. The number of esters is 1. The Kier molecular flexibility index (Phi) is 21.3. The van der Waals surface area contributed by atoms with Crippen LogP contribution in [-0.2, 0) is 9.53 Å². The molecule has 0 aromatic rings. The van der Waals surface area contributed by atoms with Crippen LogP contribution in [0.2, 0.25) is 0 Å². The van der Waals surface area contributed by atoms with Gasteiger partial charge in [-0.1, -0.05) is 201 Å². The van der Waals surface area contributed by atoms with Gasteiger partial charge in [-0.2, -0.15) is 0 Å². The number of hydrogen-bond acceptors (Lipinski definition) is 2. The van der Waals surface area contributed by atoms with E-state index < -0.39 is 0 Å². The van der Waals surface area contributed by atoms with Crippen LogP contribution in [0.3, 0.4) is 0 Å². The molecule has 55 heavy (non-hydrogen) atoms. The predicted molar refractivity (Wildman–Crippen MR) is 239 cm³/mol. The van der Waals surface area contributed by atoms with Gasteiger partial charge in [-0.15, -0.1) is 0 Å². The Morgan fingerprint density at radius 1 is 0.673 bits per heavy atom. The number of ether oxygens (including phenoxy) is 1. The number of hydrogen-bond donors (Lipinski definition) is 0. The third kappa shape index (κ3) is 14.2. The summed E-state index contributed by atoms with van der Waals surface area (Å²) >= 11 is 0. The van der Waals surface area contributed by atoms with Crippen LogP contribution in [0.5, 0.6) is 0 Å². The van der Waals surface area contributed by atoms with E-state index in [9.17, 15) is 4.79 Å². The first kappa shape index (κ1) is 46.9. The zero-order chi connectivity index (χ0) is 39.5. The van der Waals surface area contributed by atoms with E-state index in [1.807, 2.05) is 0 Å². The van der Waals surface area contributed by atoms with Gasteiger partial charge in [0.1, 0.15) is 6.10 Å². The lowest BCUT2D eigenvalue weighted by Crippen LogP contribution is -2.51. The molecule has 9 atom stereocenters. The lowest BCUT2D eigenvalue weighted by Gasteiger charge is -2.58. The molecule has 0 saturated heterocycles. The zero-order valence-electron chi connectivity index (χ0n) is 38.3. The largest absolute Gasteiger partial charge is 0.462 e. The molecule has 3 fully saturated rings. The van der Waals surface area contributed by atoms with Gasteiger partial charge in [0.2, 0.25) is 0 Å². The molecular weight excluding hydrogens is 669 g/mol. The Bertz CT molecular complexity index is 1070. The Morgan fingerprint density at radius 3 is 1.75 bits per heavy atom. The maximum absolute atomic E-state index is 12.9. The fraction of sp³-hybridized carbons (Fsp3) is 0.943. The lowest BCUT2D eigenvalue weighted by atomic mass is 9.47. The highest BCUT2D eigenvalue weighted by molar-refractivity contribution is 5.69. The minimum atomic E-state index is 0.0684. The molecular formula is C53H96O2. The van der Waals surface area contributed by atoms with E-state index >= 15 is 0 Å². The highest BCUT2D eigenvalue weighted by Crippen LogP contribution is 2.67. The molecule has 0 aromatic carbocycles. The number of unbranched alkanes of at least 4 members (excludes halogenated alkanes) is 20. The molecule has 0 amide bonds. The van der Waals surface area contributed by atoms with Crippen LogP contribution < -0.4 is 0 Å². The molecule has 0 spiro atoms. The van der Waals surface area contributed by atoms with Crippen molar-refractivity contribution in [2.24, 2.45) is 52.3 Å². The summed E-state index contributed by atoms with van der Waals surface area (Å²) in [5.74, 6) is 6.17. The number of carbonyl (C=O) groups is 1. The Hall–Kier alpha value is -0.790. The monoisotopic (exact) mass is 765 g/mol. The lowest BCUT2D eigenvalue weighted by molar-refractivity contribution is -0.151. The number of carbonyl (C=O) groups excluding carboxylic acids is 1. The Morgan fingerprint density at radius 2 is 1.22 bits per heavy atom. The second-order valence-corrected chi connectivity index (χ2v) is 21.1. The van der Waals surface area contributed by atoms with Crippen molar-refractivity contribution in [3.05, 3.63) is 11.6 Å². The van der Waals surface area contributed by atoms with Crippen molar-refractivity contribution in [3.63, 3.8) is 0 Å². The van der Waals surface area contributed by atoms with Gasteiger partial charge in [0.15, 0.2) is 0 Å². The van der Waals surface area contributed by atoms with E-state index in [-0.39, 0.29) is 12.1 Å². The molecule has 4 aliphatic carbocycles. The van der Waals surface area contributed by atoms with Crippen molar-refractivity contribution < 1.29 is 9.53 Å². The molecule has 2 heteroatoms. The summed E-state index contributed by atoms with van der Waals surface area (Å²) in [4.78, 5) is 12.9. The summed E-state index contributed by atoms with van der Waals surface area (Å²) in [6.07, 6.45) is 47.2. The van der Waals surface area contributed by atoms with Crippen LogP contribution in [0, 0.1) is 52.3 Å². The second kappa shape index (κ2) is 25.0. The Labute approximate surface area is 344 Å². The molecule has 0 radical (unpaired) electrons. The third-order valence-corrected chi connectivity index (χ3v) is 17.1. The minimum Gasteiger partial charge on any atom is -0.462 e. The summed E-state index contributed by atoms with van der Waals surface area (Å²) in [7, 11) is 0. The van der Waals surface area contributed by atoms with Gasteiger partial charge in [0, 0.05) is 12.8 Å². The van der Waals surface area contributed by atoms with Gasteiger partial charge < -0.3 is 4.74 Å². The van der Waals surface area contributed by atoms with Crippen molar-refractivity contribution in [3.8, 4) is 0 Å². The SMILES string of the molecule is CCCCCCCCCCCCCCCCCCCCCCCC(=O)OC1CCC2(C)C(=CCC3C2CCC2(C)C(C(C)CCC(CC)C(C)C)CCC32)C1. The summed E-state index contributed by atoms with van der Waals surface area (Å²) in [5, 5.41) is 0. The van der Waals surface area contributed by atoms with Crippen molar-refractivity contribution in [2.75, 3.05) is 0 Å². The van der Waals surface area contributed by atoms with Gasteiger partial charge in [0.05, 0.1) is 0 Å². The standard InChI is InChI=1S/C53H96O2/c1-8-10-11-12-13-14-15-16-17-18-19-20-21-22-23-24-25-26-27-28-29-30-51(54)55-46-37-39-52(6)45(41-46)33-34-47-49-36-35-48(53(49,7)40-38-50(47)52)43(5)31-32-44(9-2)42(3)4/h33,42-44,46-50H,8-32,34-41H2,1-7H3. The normalized spacial score (nSPS) is 30.0. The number of fused-ring (bicyclic) bond motifs is 5. The van der Waals surface area contributed by atoms with Crippen molar-refractivity contribution in [1.82, 2.24) is 0 Å². The van der Waals surface area contributed by atoms with E-state index in [0.29, 0.717) is 17.3 Å². The number of allylic oxidation sites excluding steroid dienone is 1. The Balaban J connectivity index is 1.02. The fourth-order valence-electron chi connectivity index (χ4n) is 13.3. The molecule has 3 saturated carbocycles. The van der Waals surface area contributed by atoms with Crippen molar-refractivity contribution in [2.45, 2.75) is 266 Å². The van der Waals surface area contributed by atoms with Crippen LogP contribution in [0.1, 0.15) is 260 Å². The molecule has 9 unspecified atom stereocenters. The van der Waals surface area contributed by atoms with Gasteiger partial charge >= 0.3 is 5.97 Å². The first-order chi connectivity index (χ1) is 26.6. The van der Waals surface area contributed by atoms with Crippen LogP contribution in [-0.4, -0.2) is 12.1 Å². The molecule has 0 N–H and O–H groups in total. The van der Waals surface area contributed by atoms with E-state index in [2.05, 4.69) is 54.5 Å². The third-order valence-electron chi connectivity index (χ3n) is 17.1. The molecule has 4 rings (SSSR count). The summed E-state index contributed by atoms with van der Waals surface area (Å²) in [5.41, 5.74) is 2.52. The van der Waals surface area contributed by atoms with Crippen LogP contribution in [0.15, 0.2) is 11.6 Å². The average Bonchev–Trinajstić information content (AvgIpc) is 3.53. The van der Waals surface area contributed by atoms with Crippen LogP contribution >= 0.6 is 0 Å². The number of rotatable bonds is 29. The summed E-state index contributed by atoms with van der Waals surface area (Å²) in [6.45, 7) is 17.5. The highest BCUT2D eigenvalue weighted by Gasteiger charge is 2.59. The molecule has 320 valence electrons. The first-order valence-corrected chi connectivity index (χ1v) is 25.5. The van der Waals surface area contributed by atoms with E-state index in [4.69, 9.17) is 4.74 Å². The zero-order valence-corrected chi connectivity index (χ0v) is 38.3. The molecule has 0 aliphatic heterocycles. The van der Waals surface area contributed by atoms with Crippen LogP contribution in [0.4, 0.5) is 0 Å². The minimum absolute atomic E-state index is 0.0684. The van der Waals surface area contributed by atoms with Gasteiger partial charge in [-0.05, 0) is 110 Å². The molecule has 2 nitrogen and oxygen atoms in total. The fourth-order valence-corrected chi connectivity index (χ4v) is 13.3. The topological polar surface area (TPSA) is 26.3 Å². The van der Waals surface area contributed by atoms with Crippen molar-refractivity contribution >= 4 is 5.97 Å². The smallest absolute Gasteiger partial charge is 0.306 e. The molecule has 0 heterocycles. The van der Waals surface area contributed by atoms with E-state index in [0.717, 1.165) is 60.7 Å². The maximum Gasteiger partial charge on any atom is 0.306 e. The second-order valence-electron chi connectivity index (χ2n) is 21.1. The molecule has 0 bridgehead atoms. The quantitative estimate of drug-likeness (QED) is 0.0431. The van der Waals surface area contributed by atoms with E-state index in [1.54, 1.807) is 5.57 Å². The highest BCUT2D eigenvalue weighted by atomic mass is 16.5. The molecule has 0 aromatic heterocycles. The molecule has 4 aliphatic rings.